The number of nitrogens with zero attached hydrogens (tertiary/aromatic N) is 5. The van der Waals surface area contributed by atoms with Gasteiger partial charge in [0.15, 0.2) is 0 Å². The first-order valence-electron chi connectivity index (χ1n) is 9.24. The molecule has 0 aliphatic carbocycles. The van der Waals surface area contributed by atoms with Crippen LogP contribution in [0.5, 0.6) is 0 Å². The van der Waals surface area contributed by atoms with Crippen molar-refractivity contribution >= 4 is 22.8 Å². The van der Waals surface area contributed by atoms with Crippen molar-refractivity contribution in [1.82, 2.24) is 10.1 Å². The fraction of sp³-hybridized carbons (Fsp3) is 0. The van der Waals surface area contributed by atoms with E-state index >= 15 is 0 Å². The third-order valence-corrected chi connectivity index (χ3v) is 4.38. The van der Waals surface area contributed by atoms with Crippen molar-refractivity contribution in [3.8, 4) is 11.5 Å². The van der Waals surface area contributed by atoms with Crippen molar-refractivity contribution in [3.63, 3.8) is 0 Å². The fourth-order valence-electron chi connectivity index (χ4n) is 2.85. The molecule has 0 bridgehead atoms. The molecular weight excluding hydrogens is 416 g/mol. The van der Waals surface area contributed by atoms with Crippen LogP contribution in [-0.4, -0.2) is 25.7 Å². The van der Waals surface area contributed by atoms with Crippen molar-refractivity contribution in [2.24, 2.45) is 5.10 Å². The normalized spacial score (nSPS) is 11.2. The minimum Gasteiger partial charge on any atom is -0.334 e. The number of nitro benzene ring substituents is 2. The van der Waals surface area contributed by atoms with E-state index in [4.69, 9.17) is 4.52 Å². The molecule has 0 saturated carbocycles. The van der Waals surface area contributed by atoms with E-state index in [9.17, 15) is 20.2 Å². The third-order valence-electron chi connectivity index (χ3n) is 4.38. The maximum absolute atomic E-state index is 11.4. The Hall–Kier alpha value is -4.93. The molecule has 0 atom stereocenters. The first-order valence-corrected chi connectivity index (χ1v) is 9.24. The molecule has 0 aliphatic heterocycles. The number of aromatic nitrogens is 2. The average molecular weight is 430 g/mol. The third kappa shape index (κ3) is 4.31. The molecular formula is C21H14N6O5. The van der Waals surface area contributed by atoms with Crippen LogP contribution >= 0.6 is 0 Å². The van der Waals surface area contributed by atoms with Gasteiger partial charge in [-0.3, -0.25) is 25.7 Å². The van der Waals surface area contributed by atoms with Crippen LogP contribution in [-0.2, 0) is 0 Å². The second-order valence-corrected chi connectivity index (χ2v) is 6.44. The maximum atomic E-state index is 11.4. The number of non-ortho nitro benzene ring substituents is 1. The van der Waals surface area contributed by atoms with E-state index in [-0.39, 0.29) is 23.1 Å². The molecule has 32 heavy (non-hydrogen) atoms. The molecule has 0 spiro atoms. The van der Waals surface area contributed by atoms with Gasteiger partial charge >= 0.3 is 5.69 Å². The SMILES string of the molecule is O=[N+]([O-])c1ccc(N/N=C(/c2ccccc2)c2noc(-c3ccccc3)n2)c([N+](=O)[O-])c1. The molecule has 0 saturated heterocycles. The Morgan fingerprint density at radius 2 is 1.59 bits per heavy atom. The zero-order chi connectivity index (χ0) is 22.5. The van der Waals surface area contributed by atoms with Gasteiger partial charge < -0.3 is 4.52 Å². The molecule has 4 aromatic rings. The molecule has 158 valence electrons. The maximum Gasteiger partial charge on any atom is 0.301 e. The van der Waals surface area contributed by atoms with E-state index in [1.807, 2.05) is 36.4 Å². The van der Waals surface area contributed by atoms with Crippen LogP contribution in [0.25, 0.3) is 11.5 Å². The summed E-state index contributed by atoms with van der Waals surface area (Å²) in [6.45, 7) is 0. The topological polar surface area (TPSA) is 150 Å². The van der Waals surface area contributed by atoms with Crippen molar-refractivity contribution in [3.05, 3.63) is 110 Å². The lowest BCUT2D eigenvalue weighted by Crippen LogP contribution is -2.09. The number of nitro groups is 2. The van der Waals surface area contributed by atoms with E-state index in [0.717, 1.165) is 17.7 Å². The second kappa shape index (κ2) is 8.83. The van der Waals surface area contributed by atoms with E-state index in [0.29, 0.717) is 5.56 Å². The number of hydrogen-bond acceptors (Lipinski definition) is 9. The molecule has 0 radical (unpaired) electrons. The van der Waals surface area contributed by atoms with Crippen LogP contribution in [0.2, 0.25) is 0 Å². The van der Waals surface area contributed by atoms with Crippen LogP contribution in [0.15, 0.2) is 88.5 Å². The Kier molecular flexibility index (Phi) is 5.62. The minimum absolute atomic E-state index is 0.0270. The fourth-order valence-corrected chi connectivity index (χ4v) is 2.85. The van der Waals surface area contributed by atoms with Crippen LogP contribution in [0.3, 0.4) is 0 Å². The van der Waals surface area contributed by atoms with Crippen molar-refractivity contribution < 1.29 is 14.4 Å². The summed E-state index contributed by atoms with van der Waals surface area (Å²) in [7, 11) is 0. The highest BCUT2D eigenvalue weighted by atomic mass is 16.6. The largest absolute Gasteiger partial charge is 0.334 e. The predicted octanol–water partition coefficient (Wildman–Crippen LogP) is 4.42. The molecule has 11 heteroatoms. The van der Waals surface area contributed by atoms with E-state index < -0.39 is 21.2 Å². The molecule has 11 nitrogen and oxygen atoms in total. The Morgan fingerprint density at radius 3 is 2.25 bits per heavy atom. The molecule has 4 rings (SSSR count). The summed E-state index contributed by atoms with van der Waals surface area (Å²) in [6, 6.07) is 21.3. The molecule has 0 aliphatic rings. The average Bonchev–Trinajstić information content (AvgIpc) is 3.30. The lowest BCUT2D eigenvalue weighted by Gasteiger charge is -2.05. The molecule has 0 unspecified atom stereocenters. The van der Waals surface area contributed by atoms with E-state index in [1.165, 1.54) is 6.07 Å². The van der Waals surface area contributed by atoms with Crippen LogP contribution in [0.4, 0.5) is 17.1 Å². The standard InChI is InChI=1S/C21H14N6O5/c28-26(29)16-11-12-17(18(13-16)27(30)31)23-24-19(14-7-3-1-4-8-14)20-22-21(32-25-20)15-9-5-2-6-10-15/h1-13,23H/b24-19-. The Balaban J connectivity index is 1.74. The van der Waals surface area contributed by atoms with E-state index in [1.54, 1.807) is 24.3 Å². The number of hydrazone groups is 1. The molecule has 1 N–H and O–H groups in total. The van der Waals surface area contributed by atoms with Crippen LogP contribution in [0.1, 0.15) is 11.4 Å². The minimum atomic E-state index is -0.727. The summed E-state index contributed by atoms with van der Waals surface area (Å²) in [5.41, 5.74) is 3.30. The molecule has 1 aromatic heterocycles. The van der Waals surface area contributed by atoms with Gasteiger partial charge in [-0.25, -0.2) is 0 Å². The molecule has 3 aromatic carbocycles. The van der Waals surface area contributed by atoms with Gasteiger partial charge in [-0.1, -0.05) is 53.7 Å². The van der Waals surface area contributed by atoms with E-state index in [2.05, 4.69) is 20.7 Å². The Labute approximate surface area is 180 Å². The molecule has 0 fully saturated rings. The van der Waals surface area contributed by atoms with Crippen molar-refractivity contribution in [1.29, 1.82) is 0 Å². The van der Waals surface area contributed by atoms with Crippen molar-refractivity contribution in [2.45, 2.75) is 0 Å². The zero-order valence-electron chi connectivity index (χ0n) is 16.3. The number of benzene rings is 3. The van der Waals surface area contributed by atoms with Gasteiger partial charge in [-0.2, -0.15) is 10.1 Å². The van der Waals surface area contributed by atoms with Gasteiger partial charge in [0.1, 0.15) is 11.4 Å². The highest BCUT2D eigenvalue weighted by molar-refractivity contribution is 6.11. The first-order chi connectivity index (χ1) is 15.5. The second-order valence-electron chi connectivity index (χ2n) is 6.44. The quantitative estimate of drug-likeness (QED) is 0.257. The van der Waals surface area contributed by atoms with Gasteiger partial charge in [0.05, 0.1) is 15.9 Å². The summed E-state index contributed by atoms with van der Waals surface area (Å²) in [5, 5.41) is 30.6. The summed E-state index contributed by atoms with van der Waals surface area (Å²) in [6.07, 6.45) is 0. The highest BCUT2D eigenvalue weighted by Crippen LogP contribution is 2.29. The number of rotatable bonds is 7. The monoisotopic (exact) mass is 430 g/mol. The van der Waals surface area contributed by atoms with Gasteiger partial charge in [0.2, 0.25) is 5.82 Å². The van der Waals surface area contributed by atoms with Crippen LogP contribution < -0.4 is 5.43 Å². The number of anilines is 1. The zero-order valence-corrected chi connectivity index (χ0v) is 16.3. The lowest BCUT2D eigenvalue weighted by molar-refractivity contribution is -0.393. The number of nitrogens with one attached hydrogen (secondary N) is 1. The summed E-state index contributed by atoms with van der Waals surface area (Å²) in [4.78, 5) is 25.3. The number of hydrogen-bond donors (Lipinski definition) is 1. The summed E-state index contributed by atoms with van der Waals surface area (Å²) >= 11 is 0. The summed E-state index contributed by atoms with van der Waals surface area (Å²) in [5.74, 6) is 0.442. The van der Waals surface area contributed by atoms with Crippen LogP contribution in [0, 0.1) is 20.2 Å². The first kappa shape index (κ1) is 20.3. The Morgan fingerprint density at radius 1 is 0.906 bits per heavy atom. The highest BCUT2D eigenvalue weighted by Gasteiger charge is 2.21. The summed E-state index contributed by atoms with van der Waals surface area (Å²) < 4.78 is 5.36. The predicted molar refractivity (Wildman–Crippen MR) is 115 cm³/mol. The van der Waals surface area contributed by atoms with Gasteiger partial charge in [0.25, 0.3) is 11.6 Å². The van der Waals surface area contributed by atoms with Crippen molar-refractivity contribution in [2.75, 3.05) is 5.43 Å². The molecule has 0 amide bonds. The lowest BCUT2D eigenvalue weighted by atomic mass is 10.1. The molecule has 1 heterocycles. The van der Waals surface area contributed by atoms with Gasteiger partial charge in [0, 0.05) is 17.2 Å². The smallest absolute Gasteiger partial charge is 0.301 e. The van der Waals surface area contributed by atoms with Gasteiger partial charge in [-0.15, -0.1) is 0 Å². The van der Waals surface area contributed by atoms with Gasteiger partial charge in [-0.05, 0) is 18.2 Å². The Bertz CT molecular complexity index is 1300.